The van der Waals surface area contributed by atoms with Crippen LogP contribution in [0.5, 0.6) is 0 Å². The average molecular weight is 293 g/mol. The van der Waals surface area contributed by atoms with E-state index in [2.05, 4.69) is 5.32 Å². The topological polar surface area (TPSA) is 29.1 Å². The van der Waals surface area contributed by atoms with Crippen LogP contribution in [-0.2, 0) is 17.0 Å². The fraction of sp³-hybridized carbons (Fsp3) is 0.538. The van der Waals surface area contributed by atoms with Gasteiger partial charge in [0.25, 0.3) is 0 Å². The summed E-state index contributed by atoms with van der Waals surface area (Å²) in [6.07, 6.45) is -4.40. The minimum atomic E-state index is -4.40. The zero-order valence-corrected chi connectivity index (χ0v) is 12.0. The molecule has 1 unspecified atom stereocenters. The molecule has 0 aliphatic carbocycles. The van der Waals surface area contributed by atoms with Gasteiger partial charge in [0, 0.05) is 22.7 Å². The molecule has 6 heteroatoms. The first-order chi connectivity index (χ1) is 8.59. The fourth-order valence-corrected chi connectivity index (χ4v) is 2.46. The molecule has 19 heavy (non-hydrogen) atoms. The Balaban J connectivity index is 2.68. The van der Waals surface area contributed by atoms with Gasteiger partial charge >= 0.3 is 6.18 Å². The van der Waals surface area contributed by atoms with E-state index in [1.165, 1.54) is 12.1 Å². The third kappa shape index (κ3) is 5.74. The Hall–Kier alpha value is -0.880. The first kappa shape index (κ1) is 16.2. The maximum Gasteiger partial charge on any atom is 0.416 e. The second-order valence-corrected chi connectivity index (χ2v) is 6.82. The van der Waals surface area contributed by atoms with E-state index in [9.17, 15) is 17.4 Å². The zero-order valence-electron chi connectivity index (χ0n) is 11.2. The zero-order chi connectivity index (χ0) is 14.7. The summed E-state index contributed by atoms with van der Waals surface area (Å²) in [5.74, 6) is 0.290. The Bertz CT molecular complexity index is 452. The molecular formula is C13H18F3NOS. The van der Waals surface area contributed by atoms with E-state index < -0.39 is 22.5 Å². The maximum absolute atomic E-state index is 12.5. The van der Waals surface area contributed by atoms with Crippen molar-refractivity contribution in [3.8, 4) is 0 Å². The Labute approximate surface area is 113 Å². The van der Waals surface area contributed by atoms with Crippen molar-refractivity contribution in [3.05, 3.63) is 29.8 Å². The molecule has 0 bridgehead atoms. The minimum Gasteiger partial charge on any atom is -0.311 e. The van der Waals surface area contributed by atoms with E-state index in [1.807, 2.05) is 20.8 Å². The number of hydrogen-bond acceptors (Lipinski definition) is 2. The highest BCUT2D eigenvalue weighted by Crippen LogP contribution is 2.30. The Morgan fingerprint density at radius 2 is 1.84 bits per heavy atom. The highest BCUT2D eigenvalue weighted by atomic mass is 32.2. The lowest BCUT2D eigenvalue weighted by Gasteiger charge is -2.20. The van der Waals surface area contributed by atoms with Gasteiger partial charge in [-0.1, -0.05) is 6.07 Å². The van der Waals surface area contributed by atoms with E-state index >= 15 is 0 Å². The molecule has 0 aliphatic rings. The van der Waals surface area contributed by atoms with Crippen molar-refractivity contribution in [3.63, 3.8) is 0 Å². The molecule has 0 saturated carbocycles. The van der Waals surface area contributed by atoms with Crippen LogP contribution in [0.4, 0.5) is 13.2 Å². The molecule has 0 fully saturated rings. The van der Waals surface area contributed by atoms with Crippen LogP contribution in [0, 0.1) is 0 Å². The first-order valence-corrected chi connectivity index (χ1v) is 7.22. The summed E-state index contributed by atoms with van der Waals surface area (Å²) < 4.78 is 49.5. The van der Waals surface area contributed by atoms with Crippen LogP contribution in [0.15, 0.2) is 29.2 Å². The normalized spacial score (nSPS) is 14.4. The van der Waals surface area contributed by atoms with Crippen molar-refractivity contribution >= 4 is 10.8 Å². The second kappa shape index (κ2) is 6.05. The van der Waals surface area contributed by atoms with E-state index in [1.54, 1.807) is 0 Å². The summed E-state index contributed by atoms with van der Waals surface area (Å²) in [5.41, 5.74) is -0.861. The molecule has 0 heterocycles. The van der Waals surface area contributed by atoms with Gasteiger partial charge in [-0.15, -0.1) is 0 Å². The summed E-state index contributed by atoms with van der Waals surface area (Å²) in [6, 6.07) is 4.68. The van der Waals surface area contributed by atoms with Gasteiger partial charge in [-0.05, 0) is 39.0 Å². The molecule has 108 valence electrons. The van der Waals surface area contributed by atoms with Crippen molar-refractivity contribution in [2.45, 2.75) is 37.4 Å². The van der Waals surface area contributed by atoms with Crippen LogP contribution in [-0.4, -0.2) is 22.0 Å². The molecule has 0 aliphatic heterocycles. The van der Waals surface area contributed by atoms with Crippen molar-refractivity contribution in [1.82, 2.24) is 5.32 Å². The standard InChI is InChI=1S/C13H18F3NOS/c1-12(2,3)17-7-8-19(18)11-6-4-5-10(9-11)13(14,15)16/h4-6,9,17H,7-8H2,1-3H3. The summed E-state index contributed by atoms with van der Waals surface area (Å²) in [7, 11) is -1.43. The highest BCUT2D eigenvalue weighted by molar-refractivity contribution is 7.85. The second-order valence-electron chi connectivity index (χ2n) is 5.25. The third-order valence-corrected chi connectivity index (χ3v) is 3.72. The number of nitrogens with one attached hydrogen (secondary N) is 1. The quantitative estimate of drug-likeness (QED) is 0.923. The van der Waals surface area contributed by atoms with Crippen molar-refractivity contribution in [2.75, 3.05) is 12.3 Å². The molecule has 1 rings (SSSR count). The van der Waals surface area contributed by atoms with E-state index in [-0.39, 0.29) is 10.4 Å². The summed E-state index contributed by atoms with van der Waals surface area (Å²) >= 11 is 0. The van der Waals surface area contributed by atoms with Crippen LogP contribution < -0.4 is 5.32 Å². The van der Waals surface area contributed by atoms with Crippen molar-refractivity contribution in [1.29, 1.82) is 0 Å². The summed E-state index contributed by atoms with van der Waals surface area (Å²) in [4.78, 5) is 0.213. The smallest absolute Gasteiger partial charge is 0.311 e. The van der Waals surface area contributed by atoms with Gasteiger partial charge < -0.3 is 5.32 Å². The number of benzene rings is 1. The number of alkyl halides is 3. The molecule has 0 amide bonds. The lowest BCUT2D eigenvalue weighted by atomic mass is 10.1. The molecule has 1 aromatic rings. The molecule has 0 saturated heterocycles. The average Bonchev–Trinajstić information content (AvgIpc) is 2.26. The first-order valence-electron chi connectivity index (χ1n) is 5.90. The van der Waals surface area contributed by atoms with Gasteiger partial charge in [-0.3, -0.25) is 4.21 Å². The van der Waals surface area contributed by atoms with Crippen LogP contribution >= 0.6 is 0 Å². The molecule has 0 aromatic heterocycles. The van der Waals surface area contributed by atoms with E-state index in [4.69, 9.17) is 0 Å². The van der Waals surface area contributed by atoms with Gasteiger partial charge in [0.1, 0.15) is 0 Å². The molecule has 1 aromatic carbocycles. The molecule has 0 radical (unpaired) electrons. The minimum absolute atomic E-state index is 0.0992. The van der Waals surface area contributed by atoms with Crippen LogP contribution in [0.3, 0.4) is 0 Å². The van der Waals surface area contributed by atoms with Gasteiger partial charge in [-0.25, -0.2) is 0 Å². The molecule has 1 N–H and O–H groups in total. The van der Waals surface area contributed by atoms with Crippen LogP contribution in [0.25, 0.3) is 0 Å². The molecule has 1 atom stereocenters. The molecule has 2 nitrogen and oxygen atoms in total. The van der Waals surface area contributed by atoms with Crippen LogP contribution in [0.1, 0.15) is 26.3 Å². The van der Waals surface area contributed by atoms with Gasteiger partial charge in [0.05, 0.1) is 16.4 Å². The number of rotatable bonds is 4. The van der Waals surface area contributed by atoms with Crippen molar-refractivity contribution in [2.24, 2.45) is 0 Å². The monoisotopic (exact) mass is 293 g/mol. The molecular weight excluding hydrogens is 275 g/mol. The van der Waals surface area contributed by atoms with E-state index in [0.29, 0.717) is 12.3 Å². The van der Waals surface area contributed by atoms with Gasteiger partial charge in [0.2, 0.25) is 0 Å². The third-order valence-electron chi connectivity index (χ3n) is 2.37. The fourth-order valence-electron chi connectivity index (χ4n) is 1.45. The number of hydrogen-bond donors (Lipinski definition) is 1. The predicted molar refractivity (Wildman–Crippen MR) is 70.5 cm³/mol. The maximum atomic E-state index is 12.5. The number of halogens is 3. The lowest BCUT2D eigenvalue weighted by Crippen LogP contribution is -2.38. The van der Waals surface area contributed by atoms with Gasteiger partial charge in [0.15, 0.2) is 0 Å². The highest BCUT2D eigenvalue weighted by Gasteiger charge is 2.30. The lowest BCUT2D eigenvalue weighted by molar-refractivity contribution is -0.137. The summed E-state index contributed by atoms with van der Waals surface area (Å²) in [5, 5.41) is 3.15. The Kier molecular flexibility index (Phi) is 5.15. The Morgan fingerprint density at radius 1 is 1.21 bits per heavy atom. The Morgan fingerprint density at radius 3 is 2.37 bits per heavy atom. The predicted octanol–water partition coefficient (Wildman–Crippen LogP) is 3.20. The van der Waals surface area contributed by atoms with Crippen LogP contribution in [0.2, 0.25) is 0 Å². The van der Waals surface area contributed by atoms with Gasteiger partial charge in [-0.2, -0.15) is 13.2 Å². The van der Waals surface area contributed by atoms with E-state index in [0.717, 1.165) is 12.1 Å². The largest absolute Gasteiger partial charge is 0.416 e. The molecule has 0 spiro atoms. The summed E-state index contributed by atoms with van der Waals surface area (Å²) in [6.45, 7) is 6.41. The SMILES string of the molecule is CC(C)(C)NCCS(=O)c1cccc(C(F)(F)F)c1. The van der Waals surface area contributed by atoms with Crippen molar-refractivity contribution < 1.29 is 17.4 Å².